The minimum absolute atomic E-state index is 0.0179. The molecule has 1 aliphatic rings. The molecule has 92 valence electrons. The van der Waals surface area contributed by atoms with Gasteiger partial charge in [0, 0.05) is 13.6 Å². The third kappa shape index (κ3) is 2.85. The molecule has 0 aliphatic heterocycles. The number of nitrogens with zero attached hydrogens (tertiary/aromatic N) is 3. The summed E-state index contributed by atoms with van der Waals surface area (Å²) < 4.78 is 0. The number of aromatic nitrogens is 1. The average Bonchev–Trinajstić information content (AvgIpc) is 2.93. The van der Waals surface area contributed by atoms with E-state index in [1.165, 1.54) is 18.6 Å². The highest BCUT2D eigenvalue weighted by Crippen LogP contribution is 2.38. The number of anilines is 1. The van der Waals surface area contributed by atoms with E-state index in [-0.39, 0.29) is 10.8 Å². The molecular weight excluding hydrogens is 242 g/mol. The van der Waals surface area contributed by atoms with Crippen molar-refractivity contribution in [2.45, 2.75) is 13.3 Å². The predicted molar refractivity (Wildman–Crippen MR) is 66.4 cm³/mol. The van der Waals surface area contributed by atoms with Crippen molar-refractivity contribution in [3.8, 4) is 0 Å². The maximum atomic E-state index is 10.7. The molecule has 1 heterocycles. The molecule has 0 saturated heterocycles. The van der Waals surface area contributed by atoms with Gasteiger partial charge in [-0.1, -0.05) is 18.5 Å². The summed E-state index contributed by atoms with van der Waals surface area (Å²) in [6.07, 6.45) is 1.22. The minimum Gasteiger partial charge on any atom is -0.359 e. The number of hydrogen-bond donors (Lipinski definition) is 0. The maximum absolute atomic E-state index is 10.7. The molecule has 0 radical (unpaired) electrons. The molecule has 0 aromatic carbocycles. The second kappa shape index (κ2) is 4.49. The van der Waals surface area contributed by atoms with Gasteiger partial charge in [-0.3, -0.25) is 10.1 Å². The highest BCUT2D eigenvalue weighted by molar-refractivity contribution is 6.29. The summed E-state index contributed by atoms with van der Waals surface area (Å²) in [5, 5.41) is 10.9. The molecule has 0 bridgehead atoms. The van der Waals surface area contributed by atoms with Crippen molar-refractivity contribution in [1.29, 1.82) is 0 Å². The van der Waals surface area contributed by atoms with Gasteiger partial charge in [-0.25, -0.2) is 4.98 Å². The molecule has 6 heteroatoms. The van der Waals surface area contributed by atoms with Crippen molar-refractivity contribution in [2.24, 2.45) is 11.8 Å². The predicted octanol–water partition coefficient (Wildman–Crippen LogP) is 2.74. The van der Waals surface area contributed by atoms with E-state index in [0.29, 0.717) is 11.7 Å². The van der Waals surface area contributed by atoms with Crippen LogP contribution in [0.2, 0.25) is 5.15 Å². The quantitative estimate of drug-likeness (QED) is 0.472. The number of halogens is 1. The maximum Gasteiger partial charge on any atom is 0.276 e. The van der Waals surface area contributed by atoms with Gasteiger partial charge >= 0.3 is 0 Å². The molecule has 2 unspecified atom stereocenters. The summed E-state index contributed by atoms with van der Waals surface area (Å²) in [4.78, 5) is 16.3. The van der Waals surface area contributed by atoms with Crippen LogP contribution in [-0.4, -0.2) is 23.5 Å². The molecule has 0 N–H and O–H groups in total. The van der Waals surface area contributed by atoms with E-state index in [9.17, 15) is 10.1 Å². The summed E-state index contributed by atoms with van der Waals surface area (Å²) in [5.74, 6) is 1.97. The topological polar surface area (TPSA) is 59.3 Å². The molecule has 1 fully saturated rings. The highest BCUT2D eigenvalue weighted by atomic mass is 35.5. The highest BCUT2D eigenvalue weighted by Gasteiger charge is 2.33. The van der Waals surface area contributed by atoms with Gasteiger partial charge < -0.3 is 4.90 Å². The van der Waals surface area contributed by atoms with Crippen molar-refractivity contribution in [2.75, 3.05) is 18.5 Å². The van der Waals surface area contributed by atoms with Gasteiger partial charge in [0.2, 0.25) is 0 Å². The van der Waals surface area contributed by atoms with Crippen molar-refractivity contribution in [3.05, 3.63) is 27.4 Å². The third-order valence-corrected chi connectivity index (χ3v) is 3.35. The summed E-state index contributed by atoms with van der Waals surface area (Å²) in [5.41, 5.74) is -0.0179. The first-order chi connectivity index (χ1) is 7.97. The fraction of sp³-hybridized carbons (Fsp3) is 0.545. The van der Waals surface area contributed by atoms with E-state index < -0.39 is 4.92 Å². The Kier molecular flexibility index (Phi) is 3.19. The Morgan fingerprint density at radius 2 is 2.29 bits per heavy atom. The van der Waals surface area contributed by atoms with Gasteiger partial charge in [-0.15, -0.1) is 0 Å². The lowest BCUT2D eigenvalue weighted by atomic mass is 10.3. The smallest absolute Gasteiger partial charge is 0.276 e. The lowest BCUT2D eigenvalue weighted by Gasteiger charge is -2.17. The zero-order valence-electron chi connectivity index (χ0n) is 9.76. The lowest BCUT2D eigenvalue weighted by molar-refractivity contribution is -0.384. The van der Waals surface area contributed by atoms with Gasteiger partial charge in [-0.05, 0) is 18.3 Å². The number of nitro groups is 1. The molecule has 1 aromatic rings. The van der Waals surface area contributed by atoms with E-state index in [0.717, 1.165) is 12.5 Å². The molecule has 0 amide bonds. The Morgan fingerprint density at radius 1 is 1.65 bits per heavy atom. The fourth-order valence-electron chi connectivity index (χ4n) is 1.87. The second-order valence-electron chi connectivity index (χ2n) is 4.62. The molecule has 5 nitrogen and oxygen atoms in total. The first-order valence-electron chi connectivity index (χ1n) is 5.50. The normalized spacial score (nSPS) is 22.3. The molecule has 1 aliphatic carbocycles. The van der Waals surface area contributed by atoms with Crippen LogP contribution < -0.4 is 4.90 Å². The Bertz CT molecular complexity index is 452. The van der Waals surface area contributed by atoms with Crippen LogP contribution in [0.1, 0.15) is 13.3 Å². The largest absolute Gasteiger partial charge is 0.359 e. The monoisotopic (exact) mass is 255 g/mol. The van der Waals surface area contributed by atoms with Crippen LogP contribution in [0.15, 0.2) is 12.1 Å². The van der Waals surface area contributed by atoms with Gasteiger partial charge in [0.15, 0.2) is 0 Å². The molecule has 0 spiro atoms. The third-order valence-electron chi connectivity index (χ3n) is 3.15. The van der Waals surface area contributed by atoms with E-state index in [1.54, 1.807) is 0 Å². The van der Waals surface area contributed by atoms with Gasteiger partial charge in [0.1, 0.15) is 11.0 Å². The van der Waals surface area contributed by atoms with E-state index in [1.807, 2.05) is 11.9 Å². The number of rotatable bonds is 4. The summed E-state index contributed by atoms with van der Waals surface area (Å²) >= 11 is 5.78. The molecule has 1 saturated carbocycles. The van der Waals surface area contributed by atoms with Crippen LogP contribution in [0.25, 0.3) is 0 Å². The summed E-state index contributed by atoms with van der Waals surface area (Å²) in [6.45, 7) is 3.07. The van der Waals surface area contributed by atoms with Crippen molar-refractivity contribution < 1.29 is 4.92 Å². The Labute approximate surface area is 105 Å². The lowest BCUT2D eigenvalue weighted by Crippen LogP contribution is -2.21. The fourth-order valence-corrected chi connectivity index (χ4v) is 2.07. The zero-order chi connectivity index (χ0) is 12.6. The molecular formula is C11H14ClN3O2. The Morgan fingerprint density at radius 3 is 2.82 bits per heavy atom. The van der Waals surface area contributed by atoms with Crippen molar-refractivity contribution in [3.63, 3.8) is 0 Å². The first kappa shape index (κ1) is 12.1. The molecule has 2 rings (SSSR count). The standard InChI is InChI=1S/C11H14ClN3O2/c1-7-3-8(7)6-14(2)11-5-9(15(16)17)4-10(12)13-11/h4-5,7-8H,3,6H2,1-2H3. The van der Waals surface area contributed by atoms with Crippen molar-refractivity contribution in [1.82, 2.24) is 4.98 Å². The van der Waals surface area contributed by atoms with E-state index in [4.69, 9.17) is 11.6 Å². The van der Waals surface area contributed by atoms with Crippen molar-refractivity contribution >= 4 is 23.1 Å². The number of pyridine rings is 1. The van der Waals surface area contributed by atoms with Crippen LogP contribution in [0.3, 0.4) is 0 Å². The van der Waals surface area contributed by atoms with Crippen LogP contribution >= 0.6 is 11.6 Å². The van der Waals surface area contributed by atoms with Gasteiger partial charge in [-0.2, -0.15) is 0 Å². The molecule has 2 atom stereocenters. The van der Waals surface area contributed by atoms with Crippen LogP contribution in [0.5, 0.6) is 0 Å². The van der Waals surface area contributed by atoms with Gasteiger partial charge in [0.05, 0.1) is 17.1 Å². The number of hydrogen-bond acceptors (Lipinski definition) is 4. The van der Waals surface area contributed by atoms with Gasteiger partial charge in [0.25, 0.3) is 5.69 Å². The average molecular weight is 256 g/mol. The minimum atomic E-state index is -0.454. The molecule has 1 aromatic heterocycles. The van der Waals surface area contributed by atoms with Crippen LogP contribution in [0, 0.1) is 22.0 Å². The first-order valence-corrected chi connectivity index (χ1v) is 5.88. The van der Waals surface area contributed by atoms with E-state index in [2.05, 4.69) is 11.9 Å². The zero-order valence-corrected chi connectivity index (χ0v) is 10.5. The van der Waals surface area contributed by atoms with Crippen LogP contribution in [-0.2, 0) is 0 Å². The van der Waals surface area contributed by atoms with E-state index >= 15 is 0 Å². The Balaban J connectivity index is 2.16. The summed E-state index contributed by atoms with van der Waals surface area (Å²) in [6, 6.07) is 2.72. The SMILES string of the molecule is CC1CC1CN(C)c1cc([N+](=O)[O-])cc(Cl)n1. The van der Waals surface area contributed by atoms with Crippen LogP contribution in [0.4, 0.5) is 11.5 Å². The molecule has 17 heavy (non-hydrogen) atoms. The summed E-state index contributed by atoms with van der Waals surface area (Å²) in [7, 11) is 1.88. The Hall–Kier alpha value is -1.36. The second-order valence-corrected chi connectivity index (χ2v) is 5.00.